The third-order valence-corrected chi connectivity index (χ3v) is 4.94. The molecular formula is C18H21BrN8. The molecule has 0 aliphatic carbocycles. The first-order chi connectivity index (χ1) is 13.0. The SMILES string of the molecule is Cc1cc(C)n(-c2cc(N3CCN(c4ncc(Br)cn4)CC3)nc(C)n2)n1. The van der Waals surface area contributed by atoms with Crippen molar-refractivity contribution >= 4 is 27.7 Å². The minimum atomic E-state index is 0.744. The Kier molecular flexibility index (Phi) is 4.77. The number of aromatic nitrogens is 6. The standard InChI is InChI=1S/C18H21BrN8/c1-12-8-13(2)27(24-12)17-9-16(22-14(3)23-17)25-4-6-26(7-5-25)18-20-10-15(19)11-21-18/h8-11H,4-7H2,1-3H3. The molecule has 0 radical (unpaired) electrons. The third-order valence-electron chi connectivity index (χ3n) is 4.53. The van der Waals surface area contributed by atoms with Crippen molar-refractivity contribution in [3.63, 3.8) is 0 Å². The molecule has 0 amide bonds. The maximum Gasteiger partial charge on any atom is 0.225 e. The van der Waals surface area contributed by atoms with E-state index in [1.54, 1.807) is 12.4 Å². The van der Waals surface area contributed by atoms with Crippen LogP contribution in [0.15, 0.2) is 29.0 Å². The second-order valence-electron chi connectivity index (χ2n) is 6.65. The van der Waals surface area contributed by atoms with Crippen LogP contribution in [0, 0.1) is 20.8 Å². The van der Waals surface area contributed by atoms with Gasteiger partial charge in [-0.3, -0.25) is 0 Å². The molecule has 4 heterocycles. The second kappa shape index (κ2) is 7.22. The molecule has 0 aromatic carbocycles. The topological polar surface area (TPSA) is 75.9 Å². The van der Waals surface area contributed by atoms with E-state index >= 15 is 0 Å². The van der Waals surface area contributed by atoms with E-state index in [9.17, 15) is 0 Å². The fraction of sp³-hybridized carbons (Fsp3) is 0.389. The molecule has 140 valence electrons. The molecule has 1 fully saturated rings. The van der Waals surface area contributed by atoms with Gasteiger partial charge >= 0.3 is 0 Å². The van der Waals surface area contributed by atoms with E-state index < -0.39 is 0 Å². The molecule has 0 spiro atoms. The number of piperazine rings is 1. The summed E-state index contributed by atoms with van der Waals surface area (Å²) in [6.45, 7) is 9.35. The van der Waals surface area contributed by atoms with Crippen LogP contribution in [0.2, 0.25) is 0 Å². The van der Waals surface area contributed by atoms with Crippen LogP contribution >= 0.6 is 15.9 Å². The molecule has 1 saturated heterocycles. The van der Waals surface area contributed by atoms with Gasteiger partial charge in [0, 0.05) is 50.3 Å². The fourth-order valence-corrected chi connectivity index (χ4v) is 3.48. The summed E-state index contributed by atoms with van der Waals surface area (Å²) < 4.78 is 2.76. The maximum atomic E-state index is 4.65. The van der Waals surface area contributed by atoms with E-state index in [-0.39, 0.29) is 0 Å². The number of nitrogens with zero attached hydrogens (tertiary/aromatic N) is 8. The lowest BCUT2D eigenvalue weighted by Crippen LogP contribution is -2.47. The summed E-state index contributed by atoms with van der Waals surface area (Å²) in [5.74, 6) is 3.25. The molecule has 0 atom stereocenters. The summed E-state index contributed by atoms with van der Waals surface area (Å²) in [5, 5.41) is 4.55. The monoisotopic (exact) mass is 428 g/mol. The average Bonchev–Trinajstić information content (AvgIpc) is 3.00. The van der Waals surface area contributed by atoms with Crippen LogP contribution in [0.25, 0.3) is 5.82 Å². The van der Waals surface area contributed by atoms with Gasteiger partial charge in [0.2, 0.25) is 5.95 Å². The van der Waals surface area contributed by atoms with Crippen molar-refractivity contribution in [1.29, 1.82) is 0 Å². The van der Waals surface area contributed by atoms with E-state index in [2.05, 4.69) is 50.8 Å². The molecular weight excluding hydrogens is 408 g/mol. The Morgan fingerprint density at radius 3 is 2.11 bits per heavy atom. The lowest BCUT2D eigenvalue weighted by molar-refractivity contribution is 0.631. The van der Waals surface area contributed by atoms with Gasteiger partial charge in [0.15, 0.2) is 5.82 Å². The first-order valence-corrected chi connectivity index (χ1v) is 9.66. The first kappa shape index (κ1) is 17.8. The number of hydrogen-bond donors (Lipinski definition) is 0. The van der Waals surface area contributed by atoms with Crippen LogP contribution in [-0.2, 0) is 0 Å². The molecule has 0 unspecified atom stereocenters. The minimum absolute atomic E-state index is 0.744. The van der Waals surface area contributed by atoms with Gasteiger partial charge in [-0.2, -0.15) is 5.10 Å². The van der Waals surface area contributed by atoms with Crippen LogP contribution in [-0.4, -0.2) is 55.9 Å². The van der Waals surface area contributed by atoms with Crippen molar-refractivity contribution in [2.45, 2.75) is 20.8 Å². The molecule has 0 N–H and O–H groups in total. The Bertz CT molecular complexity index is 944. The molecule has 9 heteroatoms. The summed E-state index contributed by atoms with van der Waals surface area (Å²) in [5.41, 5.74) is 2.04. The van der Waals surface area contributed by atoms with Crippen LogP contribution in [0.4, 0.5) is 11.8 Å². The van der Waals surface area contributed by atoms with Gasteiger partial charge in [-0.15, -0.1) is 0 Å². The molecule has 1 aliphatic rings. The highest BCUT2D eigenvalue weighted by molar-refractivity contribution is 9.10. The van der Waals surface area contributed by atoms with Crippen molar-refractivity contribution < 1.29 is 0 Å². The zero-order valence-electron chi connectivity index (χ0n) is 15.6. The van der Waals surface area contributed by atoms with Gasteiger partial charge in [-0.05, 0) is 42.8 Å². The van der Waals surface area contributed by atoms with Crippen LogP contribution in [0.1, 0.15) is 17.2 Å². The summed E-state index contributed by atoms with van der Waals surface area (Å²) in [4.78, 5) is 22.5. The molecule has 3 aromatic rings. The average molecular weight is 429 g/mol. The van der Waals surface area contributed by atoms with Crippen molar-refractivity contribution in [3.05, 3.63) is 46.2 Å². The zero-order valence-corrected chi connectivity index (χ0v) is 17.2. The summed E-state index contributed by atoms with van der Waals surface area (Å²) in [7, 11) is 0. The number of anilines is 2. The lowest BCUT2D eigenvalue weighted by Gasteiger charge is -2.35. The summed E-state index contributed by atoms with van der Waals surface area (Å²) in [6.07, 6.45) is 3.56. The van der Waals surface area contributed by atoms with Crippen LogP contribution in [0.3, 0.4) is 0 Å². The number of aryl methyl sites for hydroxylation is 3. The lowest BCUT2D eigenvalue weighted by atomic mass is 10.3. The Morgan fingerprint density at radius 1 is 0.852 bits per heavy atom. The highest BCUT2D eigenvalue weighted by Crippen LogP contribution is 2.20. The predicted octanol–water partition coefficient (Wildman–Crippen LogP) is 2.47. The Morgan fingerprint density at radius 2 is 1.48 bits per heavy atom. The van der Waals surface area contributed by atoms with Gasteiger partial charge in [0.1, 0.15) is 11.6 Å². The highest BCUT2D eigenvalue weighted by atomic mass is 79.9. The minimum Gasteiger partial charge on any atom is -0.353 e. The predicted molar refractivity (Wildman–Crippen MR) is 108 cm³/mol. The normalized spacial score (nSPS) is 14.7. The largest absolute Gasteiger partial charge is 0.353 e. The Hall–Kier alpha value is -2.55. The molecule has 0 bridgehead atoms. The smallest absolute Gasteiger partial charge is 0.225 e. The molecule has 0 saturated carbocycles. The number of halogens is 1. The van der Waals surface area contributed by atoms with E-state index in [0.717, 1.165) is 65.4 Å². The van der Waals surface area contributed by atoms with E-state index in [0.29, 0.717) is 0 Å². The zero-order chi connectivity index (χ0) is 19.0. The highest BCUT2D eigenvalue weighted by Gasteiger charge is 2.21. The maximum absolute atomic E-state index is 4.65. The van der Waals surface area contributed by atoms with Gasteiger partial charge in [0.05, 0.1) is 10.2 Å². The molecule has 27 heavy (non-hydrogen) atoms. The third kappa shape index (κ3) is 3.78. The van der Waals surface area contributed by atoms with Gasteiger partial charge in [-0.1, -0.05) is 0 Å². The van der Waals surface area contributed by atoms with Crippen molar-refractivity contribution in [3.8, 4) is 5.82 Å². The van der Waals surface area contributed by atoms with Gasteiger partial charge < -0.3 is 9.80 Å². The van der Waals surface area contributed by atoms with E-state index in [1.807, 2.05) is 37.6 Å². The van der Waals surface area contributed by atoms with E-state index in [1.165, 1.54) is 0 Å². The molecule has 4 rings (SSSR count). The summed E-state index contributed by atoms with van der Waals surface area (Å²) in [6, 6.07) is 4.06. The number of rotatable bonds is 3. The molecule has 3 aromatic heterocycles. The fourth-order valence-electron chi connectivity index (χ4n) is 3.27. The number of hydrogen-bond acceptors (Lipinski definition) is 7. The molecule has 1 aliphatic heterocycles. The Balaban J connectivity index is 1.53. The quantitative estimate of drug-likeness (QED) is 0.633. The van der Waals surface area contributed by atoms with Gasteiger partial charge in [0.25, 0.3) is 0 Å². The Labute approximate surface area is 166 Å². The van der Waals surface area contributed by atoms with Crippen molar-refractivity contribution in [2.24, 2.45) is 0 Å². The second-order valence-corrected chi connectivity index (χ2v) is 7.56. The van der Waals surface area contributed by atoms with Crippen LogP contribution < -0.4 is 9.80 Å². The van der Waals surface area contributed by atoms with Crippen molar-refractivity contribution in [2.75, 3.05) is 36.0 Å². The van der Waals surface area contributed by atoms with E-state index in [4.69, 9.17) is 0 Å². The van der Waals surface area contributed by atoms with Crippen molar-refractivity contribution in [1.82, 2.24) is 29.7 Å². The molecule has 8 nitrogen and oxygen atoms in total. The first-order valence-electron chi connectivity index (χ1n) is 8.86. The summed E-state index contributed by atoms with van der Waals surface area (Å²) >= 11 is 3.38. The van der Waals surface area contributed by atoms with Crippen LogP contribution in [0.5, 0.6) is 0 Å². The van der Waals surface area contributed by atoms with Gasteiger partial charge in [-0.25, -0.2) is 24.6 Å².